The van der Waals surface area contributed by atoms with E-state index in [2.05, 4.69) is 9.72 Å². The average molecular weight is 312 g/mol. The Hall–Kier alpha value is -2.82. The van der Waals surface area contributed by atoms with Crippen molar-refractivity contribution in [1.29, 1.82) is 5.26 Å². The van der Waals surface area contributed by atoms with Gasteiger partial charge in [-0.15, -0.1) is 13.2 Å². The number of aromatic amines is 1. The lowest BCUT2D eigenvalue weighted by Crippen LogP contribution is -2.18. The second-order valence-electron chi connectivity index (χ2n) is 4.37. The third-order valence-electron chi connectivity index (χ3n) is 2.75. The van der Waals surface area contributed by atoms with Gasteiger partial charge < -0.3 is 9.72 Å². The van der Waals surface area contributed by atoms with E-state index in [9.17, 15) is 22.4 Å². The van der Waals surface area contributed by atoms with Gasteiger partial charge >= 0.3 is 6.36 Å². The zero-order chi connectivity index (χ0) is 16.5. The Bertz CT molecular complexity index is 819. The van der Waals surface area contributed by atoms with Gasteiger partial charge in [-0.2, -0.15) is 5.26 Å². The summed E-state index contributed by atoms with van der Waals surface area (Å²) >= 11 is 0. The van der Waals surface area contributed by atoms with Crippen LogP contribution in [0.25, 0.3) is 11.1 Å². The molecule has 0 aliphatic rings. The molecule has 1 aromatic carbocycles. The first kappa shape index (κ1) is 15.6. The Morgan fingerprint density at radius 3 is 2.55 bits per heavy atom. The average Bonchev–Trinajstić information content (AvgIpc) is 2.39. The van der Waals surface area contributed by atoms with Crippen molar-refractivity contribution in [2.75, 3.05) is 0 Å². The lowest BCUT2D eigenvalue weighted by Gasteiger charge is -2.12. The quantitative estimate of drug-likeness (QED) is 0.866. The predicted molar refractivity (Wildman–Crippen MR) is 68.6 cm³/mol. The number of nitriles is 1. The Morgan fingerprint density at radius 2 is 1.95 bits per heavy atom. The number of aryl methyl sites for hydroxylation is 1. The van der Waals surface area contributed by atoms with Gasteiger partial charge in [0.05, 0.1) is 0 Å². The number of hydrogen-bond acceptors (Lipinski definition) is 3. The van der Waals surface area contributed by atoms with Gasteiger partial charge in [-0.3, -0.25) is 4.79 Å². The summed E-state index contributed by atoms with van der Waals surface area (Å²) in [5, 5.41) is 9.01. The predicted octanol–water partition coefficient (Wildman–Crippen LogP) is 3.26. The molecule has 0 amide bonds. The zero-order valence-corrected chi connectivity index (χ0v) is 11.1. The molecule has 2 rings (SSSR count). The maximum atomic E-state index is 13.4. The van der Waals surface area contributed by atoms with Gasteiger partial charge in [0.15, 0.2) is 11.6 Å². The highest BCUT2D eigenvalue weighted by Crippen LogP contribution is 2.31. The highest BCUT2D eigenvalue weighted by molar-refractivity contribution is 5.71. The first-order valence-electron chi connectivity index (χ1n) is 5.91. The van der Waals surface area contributed by atoms with Crippen molar-refractivity contribution in [2.24, 2.45) is 0 Å². The molecule has 0 atom stereocenters. The Balaban J connectivity index is 2.63. The van der Waals surface area contributed by atoms with E-state index in [1.165, 1.54) is 6.07 Å². The van der Waals surface area contributed by atoms with Crippen molar-refractivity contribution in [3.63, 3.8) is 0 Å². The topological polar surface area (TPSA) is 65.9 Å². The van der Waals surface area contributed by atoms with Crippen LogP contribution in [0.3, 0.4) is 0 Å². The van der Waals surface area contributed by atoms with Gasteiger partial charge in [0.1, 0.15) is 11.6 Å². The van der Waals surface area contributed by atoms with Crippen LogP contribution in [-0.2, 0) is 0 Å². The van der Waals surface area contributed by atoms with Gasteiger partial charge in [0.25, 0.3) is 5.56 Å². The minimum Gasteiger partial charge on any atom is -0.403 e. The number of nitrogens with one attached hydrogen (secondary N) is 1. The molecule has 2 aromatic rings. The summed E-state index contributed by atoms with van der Waals surface area (Å²) in [5.74, 6) is -2.24. The highest BCUT2D eigenvalue weighted by atomic mass is 19.4. The fourth-order valence-electron chi connectivity index (χ4n) is 1.90. The molecule has 0 spiro atoms. The molecule has 1 aromatic heterocycles. The molecule has 1 N–H and O–H groups in total. The van der Waals surface area contributed by atoms with Crippen LogP contribution >= 0.6 is 0 Å². The molecule has 114 valence electrons. The van der Waals surface area contributed by atoms with Gasteiger partial charge in [0.2, 0.25) is 0 Å². The maximum Gasteiger partial charge on any atom is 0.573 e. The van der Waals surface area contributed by atoms with E-state index in [0.717, 1.165) is 18.2 Å². The standard InChI is InChI=1S/C14H8F4N2O2/c1-7-4-9(10(6-19)13(21)20-7)8-2-3-11(15)12(5-8)22-14(16,17)18/h2-5H,1H3,(H,20,21). The fourth-order valence-corrected chi connectivity index (χ4v) is 1.90. The van der Waals surface area contributed by atoms with E-state index in [-0.39, 0.29) is 16.7 Å². The summed E-state index contributed by atoms with van der Waals surface area (Å²) in [7, 11) is 0. The monoisotopic (exact) mass is 312 g/mol. The first-order valence-corrected chi connectivity index (χ1v) is 5.91. The SMILES string of the molecule is Cc1cc(-c2ccc(F)c(OC(F)(F)F)c2)c(C#N)c(=O)[nH]1. The molecule has 0 unspecified atom stereocenters. The van der Waals surface area contributed by atoms with Crippen LogP contribution in [0.1, 0.15) is 11.3 Å². The molecule has 0 aliphatic carbocycles. The van der Waals surface area contributed by atoms with Gasteiger partial charge in [-0.05, 0) is 30.7 Å². The minimum atomic E-state index is -5.05. The third-order valence-corrected chi connectivity index (χ3v) is 2.75. The van der Waals surface area contributed by atoms with Gasteiger partial charge in [0, 0.05) is 11.3 Å². The summed E-state index contributed by atoms with van der Waals surface area (Å²) in [4.78, 5) is 14.1. The summed E-state index contributed by atoms with van der Waals surface area (Å²) in [6.07, 6.45) is -5.05. The summed E-state index contributed by atoms with van der Waals surface area (Å²) in [6, 6.07) is 5.80. The van der Waals surface area contributed by atoms with E-state index in [1.807, 2.05) is 0 Å². The molecule has 1 heterocycles. The summed E-state index contributed by atoms with van der Waals surface area (Å²) < 4.78 is 53.7. The van der Waals surface area contributed by atoms with Crippen molar-refractivity contribution >= 4 is 0 Å². The molecule has 0 fully saturated rings. The molecule has 0 radical (unpaired) electrons. The van der Waals surface area contributed by atoms with E-state index in [0.29, 0.717) is 5.69 Å². The molecule has 0 aliphatic heterocycles. The minimum absolute atomic E-state index is 0.0615. The number of ether oxygens (including phenoxy) is 1. The molecule has 4 nitrogen and oxygen atoms in total. The molecular formula is C14H8F4N2O2. The highest BCUT2D eigenvalue weighted by Gasteiger charge is 2.32. The lowest BCUT2D eigenvalue weighted by molar-refractivity contribution is -0.275. The molecule has 8 heteroatoms. The second kappa shape index (κ2) is 5.52. The van der Waals surface area contributed by atoms with E-state index in [1.54, 1.807) is 13.0 Å². The van der Waals surface area contributed by atoms with Crippen LogP contribution < -0.4 is 10.3 Å². The summed E-state index contributed by atoms with van der Waals surface area (Å²) in [5.41, 5.74) is -0.404. The number of hydrogen-bond donors (Lipinski definition) is 1. The van der Waals surface area contributed by atoms with E-state index >= 15 is 0 Å². The van der Waals surface area contributed by atoms with Crippen molar-refractivity contribution in [1.82, 2.24) is 4.98 Å². The van der Waals surface area contributed by atoms with Crippen molar-refractivity contribution in [3.05, 3.63) is 51.7 Å². The molecular weight excluding hydrogens is 304 g/mol. The van der Waals surface area contributed by atoms with Crippen LogP contribution in [0, 0.1) is 24.1 Å². The molecule has 0 bridgehead atoms. The van der Waals surface area contributed by atoms with Gasteiger partial charge in [-0.25, -0.2) is 4.39 Å². The second-order valence-corrected chi connectivity index (χ2v) is 4.37. The van der Waals surface area contributed by atoms with Crippen LogP contribution in [0.4, 0.5) is 17.6 Å². The summed E-state index contributed by atoms with van der Waals surface area (Å²) in [6.45, 7) is 1.54. The Morgan fingerprint density at radius 1 is 1.27 bits per heavy atom. The largest absolute Gasteiger partial charge is 0.573 e. The first-order chi connectivity index (χ1) is 10.2. The van der Waals surface area contributed by atoms with E-state index in [4.69, 9.17) is 5.26 Å². The van der Waals surface area contributed by atoms with E-state index < -0.39 is 23.5 Å². The van der Waals surface area contributed by atoms with Crippen LogP contribution in [0.2, 0.25) is 0 Å². The zero-order valence-electron chi connectivity index (χ0n) is 11.1. The van der Waals surface area contributed by atoms with Crippen LogP contribution in [-0.4, -0.2) is 11.3 Å². The van der Waals surface area contributed by atoms with Crippen molar-refractivity contribution < 1.29 is 22.3 Å². The maximum absolute atomic E-state index is 13.4. The normalized spacial score (nSPS) is 11.1. The van der Waals surface area contributed by atoms with Crippen molar-refractivity contribution in [3.8, 4) is 22.9 Å². The van der Waals surface area contributed by atoms with Crippen LogP contribution in [0.5, 0.6) is 5.75 Å². The number of halogens is 4. The fraction of sp³-hybridized carbons (Fsp3) is 0.143. The third kappa shape index (κ3) is 3.25. The molecule has 0 saturated carbocycles. The van der Waals surface area contributed by atoms with Crippen molar-refractivity contribution in [2.45, 2.75) is 13.3 Å². The molecule has 22 heavy (non-hydrogen) atoms. The number of pyridine rings is 1. The Kier molecular flexibility index (Phi) is 3.91. The smallest absolute Gasteiger partial charge is 0.403 e. The number of aromatic nitrogens is 1. The Labute approximate surface area is 121 Å². The molecule has 0 saturated heterocycles. The number of nitrogens with zero attached hydrogens (tertiary/aromatic N) is 1. The lowest BCUT2D eigenvalue weighted by atomic mass is 10.0. The number of rotatable bonds is 2. The number of benzene rings is 1. The number of alkyl halides is 3. The number of H-pyrrole nitrogens is 1. The van der Waals surface area contributed by atoms with Crippen LogP contribution in [0.15, 0.2) is 29.1 Å². The van der Waals surface area contributed by atoms with Gasteiger partial charge in [-0.1, -0.05) is 6.07 Å².